The standard InChI is InChI=1S/C15H13O2S/c1-9-7-10(2)15-12(14(9)16)8-11-5-3-4-6-13(11)18(15)17/h3-9H,1-2H3/q-1. The molecule has 3 heteroatoms. The number of fused-ring (bicyclic) bond motifs is 1. The fourth-order valence-corrected chi connectivity index (χ4v) is 4.00. The van der Waals surface area contributed by atoms with E-state index in [1.807, 2.05) is 50.3 Å². The molecule has 1 aromatic carbocycles. The molecular weight excluding hydrogens is 244 g/mol. The maximum absolute atomic E-state index is 12.6. The Morgan fingerprint density at radius 3 is 2.78 bits per heavy atom. The zero-order valence-electron chi connectivity index (χ0n) is 10.3. The third-order valence-corrected chi connectivity index (χ3v) is 5.07. The lowest BCUT2D eigenvalue weighted by atomic mass is 9.90. The smallest absolute Gasteiger partial charge is 0.170 e. The molecule has 0 fully saturated rings. The third kappa shape index (κ3) is 1.55. The van der Waals surface area contributed by atoms with Gasteiger partial charge in [-0.15, -0.1) is 0 Å². The van der Waals surface area contributed by atoms with E-state index in [-0.39, 0.29) is 11.7 Å². The molecule has 0 N–H and O–H groups in total. The number of carbonyl (C=O) groups is 1. The highest BCUT2D eigenvalue weighted by atomic mass is 32.2. The number of benzene rings is 1. The van der Waals surface area contributed by atoms with Crippen LogP contribution in [0.3, 0.4) is 0 Å². The van der Waals surface area contributed by atoms with E-state index in [4.69, 9.17) is 0 Å². The average molecular weight is 257 g/mol. The minimum Gasteiger partial charge on any atom is -0.799 e. The maximum Gasteiger partial charge on any atom is 0.170 e. The van der Waals surface area contributed by atoms with Gasteiger partial charge in [0, 0.05) is 16.4 Å². The maximum atomic E-state index is 12.6. The van der Waals surface area contributed by atoms with Crippen LogP contribution in [0.25, 0.3) is 6.08 Å². The highest BCUT2D eigenvalue weighted by Crippen LogP contribution is 2.39. The van der Waals surface area contributed by atoms with Crippen LogP contribution < -0.4 is 5.22 Å². The van der Waals surface area contributed by atoms with Crippen LogP contribution in [0, 0.1) is 10.4 Å². The molecule has 1 aliphatic carbocycles. The Kier molecular flexibility index (Phi) is 2.61. The van der Waals surface area contributed by atoms with E-state index in [1.165, 1.54) is 0 Å². The lowest BCUT2D eigenvalue weighted by Crippen LogP contribution is -2.21. The molecule has 0 amide bonds. The fourth-order valence-electron chi connectivity index (χ4n) is 2.51. The summed E-state index contributed by atoms with van der Waals surface area (Å²) in [5.74, 6) is -0.0549. The first-order valence-electron chi connectivity index (χ1n) is 5.92. The number of hydrogen-bond acceptors (Lipinski definition) is 2. The Balaban J connectivity index is 2.40. The van der Waals surface area contributed by atoms with Gasteiger partial charge in [0.05, 0.1) is 0 Å². The van der Waals surface area contributed by atoms with Crippen molar-refractivity contribution in [3.05, 3.63) is 56.1 Å². The van der Waals surface area contributed by atoms with Gasteiger partial charge in [0.1, 0.15) is 0 Å². The van der Waals surface area contributed by atoms with Crippen LogP contribution in [0.2, 0.25) is 0 Å². The zero-order valence-corrected chi connectivity index (χ0v) is 11.1. The number of hydrogen-bond donors (Lipinski definition) is 0. The molecule has 0 radical (unpaired) electrons. The molecule has 0 saturated heterocycles. The van der Waals surface area contributed by atoms with E-state index in [0.717, 1.165) is 15.3 Å². The minimum absolute atomic E-state index is 0.0680. The SMILES string of the molecule is CC1=CC(C)C(=O)C2=C1S([O-])=c1ccccc1=C2. The second-order valence-electron chi connectivity index (χ2n) is 4.70. The highest BCUT2D eigenvalue weighted by Gasteiger charge is 2.25. The number of carbonyl (C=O) groups excluding carboxylic acids is 1. The van der Waals surface area contributed by atoms with Crippen molar-refractivity contribution >= 4 is 22.6 Å². The van der Waals surface area contributed by atoms with Gasteiger partial charge in [-0.3, -0.25) is 4.79 Å². The highest BCUT2D eigenvalue weighted by molar-refractivity contribution is 8.08. The van der Waals surface area contributed by atoms with Crippen molar-refractivity contribution in [1.82, 2.24) is 0 Å². The Hall–Kier alpha value is -1.45. The van der Waals surface area contributed by atoms with Gasteiger partial charge in [0.2, 0.25) is 0 Å². The molecule has 1 heterocycles. The quantitative estimate of drug-likeness (QED) is 0.670. The van der Waals surface area contributed by atoms with Crippen LogP contribution in [0.1, 0.15) is 13.8 Å². The van der Waals surface area contributed by atoms with Crippen molar-refractivity contribution in [2.45, 2.75) is 13.8 Å². The van der Waals surface area contributed by atoms with E-state index >= 15 is 0 Å². The van der Waals surface area contributed by atoms with E-state index < -0.39 is 10.8 Å². The van der Waals surface area contributed by atoms with E-state index in [1.54, 1.807) is 0 Å². The lowest BCUT2D eigenvalue weighted by molar-refractivity contribution is -0.117. The summed E-state index contributed by atoms with van der Waals surface area (Å²) < 4.78 is 13.4. The third-order valence-electron chi connectivity index (χ3n) is 3.39. The first-order chi connectivity index (χ1) is 8.59. The van der Waals surface area contributed by atoms with Gasteiger partial charge in [0.15, 0.2) is 5.78 Å². The van der Waals surface area contributed by atoms with E-state index in [2.05, 4.69) is 0 Å². The molecule has 0 aromatic heterocycles. The Morgan fingerprint density at radius 2 is 2.00 bits per heavy atom. The van der Waals surface area contributed by atoms with Crippen LogP contribution in [0.15, 0.2) is 46.4 Å². The Morgan fingerprint density at radius 1 is 1.28 bits per heavy atom. The summed E-state index contributed by atoms with van der Waals surface area (Å²) in [5.41, 5.74) is 1.58. The summed E-state index contributed by atoms with van der Waals surface area (Å²) in [5, 5.41) is 0.893. The number of Topliss-reactive ketones (excluding diaryl/α,β-unsaturated/α-hetero) is 1. The van der Waals surface area contributed by atoms with Crippen LogP contribution in [-0.4, -0.2) is 10.3 Å². The van der Waals surface area contributed by atoms with Crippen molar-refractivity contribution in [3.63, 3.8) is 0 Å². The molecule has 3 rings (SSSR count). The molecule has 0 bridgehead atoms. The summed E-state index contributed by atoms with van der Waals surface area (Å²) in [6.07, 6.45) is 3.78. The molecule has 2 aliphatic rings. The van der Waals surface area contributed by atoms with Gasteiger partial charge < -0.3 is 4.55 Å². The summed E-state index contributed by atoms with van der Waals surface area (Å²) >= 11 is 0. The predicted molar refractivity (Wildman–Crippen MR) is 72.7 cm³/mol. The lowest BCUT2D eigenvalue weighted by Gasteiger charge is -2.29. The van der Waals surface area contributed by atoms with E-state index in [0.29, 0.717) is 10.5 Å². The first-order valence-corrected chi connectivity index (χ1v) is 7.07. The van der Waals surface area contributed by atoms with Gasteiger partial charge >= 0.3 is 0 Å². The Bertz CT molecular complexity index is 738. The van der Waals surface area contributed by atoms with Crippen LogP contribution >= 0.6 is 10.8 Å². The van der Waals surface area contributed by atoms with Crippen molar-refractivity contribution in [3.8, 4) is 0 Å². The molecule has 0 saturated carbocycles. The van der Waals surface area contributed by atoms with Gasteiger partial charge in [-0.05, 0) is 34.4 Å². The van der Waals surface area contributed by atoms with Crippen molar-refractivity contribution < 1.29 is 9.35 Å². The number of rotatable bonds is 0. The van der Waals surface area contributed by atoms with Crippen LogP contribution in [0.5, 0.6) is 0 Å². The molecule has 2 unspecified atom stereocenters. The summed E-state index contributed by atoms with van der Waals surface area (Å²) in [7, 11) is -1.24. The van der Waals surface area contributed by atoms with Gasteiger partial charge in [0.25, 0.3) is 0 Å². The molecule has 92 valence electrons. The number of ketones is 1. The fraction of sp³-hybridized carbons (Fsp3) is 0.200. The van der Waals surface area contributed by atoms with E-state index in [9.17, 15) is 9.35 Å². The molecule has 2 nitrogen and oxygen atoms in total. The monoisotopic (exact) mass is 257 g/mol. The average Bonchev–Trinajstić information content (AvgIpc) is 2.36. The van der Waals surface area contributed by atoms with Crippen molar-refractivity contribution in [2.75, 3.05) is 0 Å². The minimum atomic E-state index is -1.24. The van der Waals surface area contributed by atoms with Crippen LogP contribution in [-0.2, 0) is 4.79 Å². The van der Waals surface area contributed by atoms with Gasteiger partial charge in [-0.2, -0.15) is 0 Å². The Labute approximate surface area is 108 Å². The summed E-state index contributed by atoms with van der Waals surface area (Å²) in [4.78, 5) is 12.9. The zero-order chi connectivity index (χ0) is 12.9. The molecule has 2 atom stereocenters. The largest absolute Gasteiger partial charge is 0.799 e. The van der Waals surface area contributed by atoms with Crippen LogP contribution in [0.4, 0.5) is 0 Å². The molecule has 1 aliphatic heterocycles. The normalized spacial score (nSPS) is 26.2. The van der Waals surface area contributed by atoms with Crippen molar-refractivity contribution in [1.29, 1.82) is 0 Å². The summed E-state index contributed by atoms with van der Waals surface area (Å²) in [6, 6.07) is 7.55. The molecule has 0 spiro atoms. The van der Waals surface area contributed by atoms with Crippen molar-refractivity contribution in [2.24, 2.45) is 5.92 Å². The molecule has 1 aromatic rings. The predicted octanol–water partition coefficient (Wildman–Crippen LogP) is 2.55. The first kappa shape index (κ1) is 11.6. The topological polar surface area (TPSA) is 40.1 Å². The summed E-state index contributed by atoms with van der Waals surface area (Å²) in [6.45, 7) is 3.81. The second kappa shape index (κ2) is 4.04. The number of allylic oxidation sites excluding steroid dienone is 3. The second-order valence-corrected chi connectivity index (χ2v) is 6.08. The van der Waals surface area contributed by atoms with Gasteiger partial charge in [-0.25, -0.2) is 10.8 Å². The molecule has 18 heavy (non-hydrogen) atoms. The molecular formula is C15H13O2S-. The van der Waals surface area contributed by atoms with Gasteiger partial charge in [-0.1, -0.05) is 31.2 Å².